The molecule has 1 aromatic rings. The Morgan fingerprint density at radius 3 is 3.12 bits per heavy atom. The summed E-state index contributed by atoms with van der Waals surface area (Å²) in [6, 6.07) is -0.00582. The van der Waals surface area contributed by atoms with Gasteiger partial charge >= 0.3 is 0 Å². The second-order valence-electron chi connectivity index (χ2n) is 4.23. The molecule has 0 aromatic carbocycles. The lowest BCUT2D eigenvalue weighted by Gasteiger charge is -2.26. The number of likely N-dealkylation sites (N-methyl/N-ethyl adjacent to an activating group) is 1. The van der Waals surface area contributed by atoms with Gasteiger partial charge in [0, 0.05) is 19.4 Å². The van der Waals surface area contributed by atoms with Crippen molar-refractivity contribution in [3.05, 3.63) is 18.2 Å². The third kappa shape index (κ3) is 2.61. The second-order valence-corrected chi connectivity index (χ2v) is 4.23. The van der Waals surface area contributed by atoms with Crippen molar-refractivity contribution < 1.29 is 4.79 Å². The Labute approximate surface area is 95.2 Å². The fourth-order valence-electron chi connectivity index (χ4n) is 2.02. The van der Waals surface area contributed by atoms with E-state index >= 15 is 0 Å². The summed E-state index contributed by atoms with van der Waals surface area (Å²) >= 11 is 0. The van der Waals surface area contributed by atoms with Crippen LogP contribution < -0.4 is 5.32 Å². The molecule has 1 aromatic heterocycles. The molecule has 0 aliphatic carbocycles. The van der Waals surface area contributed by atoms with Crippen LogP contribution in [0.5, 0.6) is 0 Å². The number of imidazole rings is 1. The summed E-state index contributed by atoms with van der Waals surface area (Å²) in [4.78, 5) is 20.9. The van der Waals surface area contributed by atoms with E-state index in [2.05, 4.69) is 15.3 Å². The van der Waals surface area contributed by atoms with Crippen LogP contribution in [-0.4, -0.2) is 40.4 Å². The first-order valence-corrected chi connectivity index (χ1v) is 5.74. The van der Waals surface area contributed by atoms with Crippen molar-refractivity contribution in [2.24, 2.45) is 0 Å². The first-order chi connectivity index (χ1) is 7.77. The Hall–Kier alpha value is -1.36. The van der Waals surface area contributed by atoms with E-state index in [0.717, 1.165) is 25.2 Å². The number of aromatic amines is 1. The van der Waals surface area contributed by atoms with Crippen molar-refractivity contribution in [2.45, 2.75) is 31.8 Å². The van der Waals surface area contributed by atoms with E-state index in [9.17, 15) is 4.79 Å². The van der Waals surface area contributed by atoms with Gasteiger partial charge in [0.2, 0.25) is 5.91 Å². The molecule has 88 valence electrons. The number of H-pyrrole nitrogens is 1. The van der Waals surface area contributed by atoms with Gasteiger partial charge in [-0.25, -0.2) is 4.98 Å². The van der Waals surface area contributed by atoms with Crippen LogP contribution in [-0.2, 0) is 11.3 Å². The van der Waals surface area contributed by atoms with Crippen LogP contribution in [0.4, 0.5) is 0 Å². The largest absolute Gasteiger partial charge is 0.347 e. The van der Waals surface area contributed by atoms with Crippen molar-refractivity contribution in [3.8, 4) is 0 Å². The molecule has 1 aliphatic heterocycles. The summed E-state index contributed by atoms with van der Waals surface area (Å²) in [6.45, 7) is 1.50. The van der Waals surface area contributed by atoms with Crippen molar-refractivity contribution in [3.63, 3.8) is 0 Å². The molecule has 1 aliphatic rings. The van der Waals surface area contributed by atoms with E-state index in [0.29, 0.717) is 6.54 Å². The number of carbonyl (C=O) groups excluding carboxylic acids is 1. The maximum atomic E-state index is 12.0. The summed E-state index contributed by atoms with van der Waals surface area (Å²) in [7, 11) is 1.82. The molecule has 16 heavy (non-hydrogen) atoms. The van der Waals surface area contributed by atoms with Gasteiger partial charge in [-0.2, -0.15) is 0 Å². The van der Waals surface area contributed by atoms with Gasteiger partial charge in [0.05, 0.1) is 12.6 Å². The van der Waals surface area contributed by atoms with Gasteiger partial charge in [0.15, 0.2) is 0 Å². The number of nitrogens with one attached hydrogen (secondary N) is 2. The lowest BCUT2D eigenvalue weighted by atomic mass is 10.0. The van der Waals surface area contributed by atoms with Crippen LogP contribution in [0.25, 0.3) is 0 Å². The second kappa shape index (κ2) is 5.12. The third-order valence-electron chi connectivity index (χ3n) is 2.93. The molecule has 0 radical (unpaired) electrons. The maximum Gasteiger partial charge on any atom is 0.239 e. The first-order valence-electron chi connectivity index (χ1n) is 5.74. The zero-order valence-corrected chi connectivity index (χ0v) is 9.57. The minimum atomic E-state index is -0.00582. The fraction of sp³-hybridized carbons (Fsp3) is 0.636. The third-order valence-corrected chi connectivity index (χ3v) is 2.93. The molecule has 0 saturated carbocycles. The molecule has 1 saturated heterocycles. The fourth-order valence-corrected chi connectivity index (χ4v) is 2.02. The Balaban J connectivity index is 1.88. The summed E-state index contributed by atoms with van der Waals surface area (Å²) in [6.07, 6.45) is 6.73. The van der Waals surface area contributed by atoms with Crippen molar-refractivity contribution in [1.82, 2.24) is 20.2 Å². The van der Waals surface area contributed by atoms with E-state index < -0.39 is 0 Å². The number of carbonyl (C=O) groups is 1. The average Bonchev–Trinajstić information content (AvgIpc) is 2.82. The Kier molecular flexibility index (Phi) is 3.56. The van der Waals surface area contributed by atoms with Gasteiger partial charge in [-0.3, -0.25) is 4.79 Å². The predicted molar refractivity (Wildman–Crippen MR) is 60.7 cm³/mol. The smallest absolute Gasteiger partial charge is 0.239 e. The van der Waals surface area contributed by atoms with Crippen LogP contribution in [0.1, 0.15) is 25.1 Å². The van der Waals surface area contributed by atoms with Crippen LogP contribution in [0, 0.1) is 0 Å². The molecule has 0 bridgehead atoms. The van der Waals surface area contributed by atoms with Gasteiger partial charge in [-0.1, -0.05) is 6.42 Å². The highest BCUT2D eigenvalue weighted by atomic mass is 16.2. The monoisotopic (exact) mass is 222 g/mol. The molecule has 0 unspecified atom stereocenters. The molecule has 0 spiro atoms. The summed E-state index contributed by atoms with van der Waals surface area (Å²) in [5, 5.41) is 3.26. The molecule has 1 atom stereocenters. The van der Waals surface area contributed by atoms with Gasteiger partial charge in [0.1, 0.15) is 5.82 Å². The zero-order chi connectivity index (χ0) is 11.4. The lowest BCUT2D eigenvalue weighted by molar-refractivity contribution is -0.133. The number of piperidine rings is 1. The van der Waals surface area contributed by atoms with Crippen LogP contribution in [0.3, 0.4) is 0 Å². The number of hydrogen-bond donors (Lipinski definition) is 2. The maximum absolute atomic E-state index is 12.0. The number of nitrogens with zero attached hydrogens (tertiary/aromatic N) is 2. The molecule has 1 fully saturated rings. The lowest BCUT2D eigenvalue weighted by Crippen LogP contribution is -2.47. The Bertz CT molecular complexity index is 330. The van der Waals surface area contributed by atoms with E-state index in [-0.39, 0.29) is 11.9 Å². The quantitative estimate of drug-likeness (QED) is 0.783. The van der Waals surface area contributed by atoms with Crippen molar-refractivity contribution >= 4 is 5.91 Å². The van der Waals surface area contributed by atoms with Gasteiger partial charge in [0.25, 0.3) is 0 Å². The SMILES string of the molecule is CN(Cc1ncc[nH]1)C(=O)[C@H]1CCCCN1. The molecular weight excluding hydrogens is 204 g/mol. The zero-order valence-electron chi connectivity index (χ0n) is 9.57. The van der Waals surface area contributed by atoms with Crippen LogP contribution >= 0.6 is 0 Å². The van der Waals surface area contributed by atoms with Crippen molar-refractivity contribution in [1.29, 1.82) is 0 Å². The molecule has 5 nitrogen and oxygen atoms in total. The number of rotatable bonds is 3. The number of hydrogen-bond acceptors (Lipinski definition) is 3. The normalized spacial score (nSPS) is 20.7. The van der Waals surface area contributed by atoms with Crippen molar-refractivity contribution in [2.75, 3.05) is 13.6 Å². The molecule has 1 amide bonds. The van der Waals surface area contributed by atoms with E-state index in [1.165, 1.54) is 6.42 Å². The minimum Gasteiger partial charge on any atom is -0.347 e. The Morgan fingerprint density at radius 1 is 1.62 bits per heavy atom. The van der Waals surface area contributed by atoms with Crippen LogP contribution in [0.15, 0.2) is 12.4 Å². The summed E-state index contributed by atoms with van der Waals surface area (Å²) in [5.74, 6) is 0.989. The van der Waals surface area contributed by atoms with Gasteiger partial charge < -0.3 is 15.2 Å². The number of amides is 1. The number of aromatic nitrogens is 2. The molecule has 2 heterocycles. The first kappa shape index (κ1) is 11.1. The summed E-state index contributed by atoms with van der Waals surface area (Å²) < 4.78 is 0. The van der Waals surface area contributed by atoms with E-state index in [4.69, 9.17) is 0 Å². The highest BCUT2D eigenvalue weighted by Crippen LogP contribution is 2.10. The van der Waals surface area contributed by atoms with Gasteiger partial charge in [-0.15, -0.1) is 0 Å². The molecule has 2 N–H and O–H groups in total. The minimum absolute atomic E-state index is 0.00582. The highest BCUT2D eigenvalue weighted by Gasteiger charge is 2.23. The topological polar surface area (TPSA) is 61.0 Å². The Morgan fingerprint density at radius 2 is 2.50 bits per heavy atom. The molecular formula is C11H18N4O. The van der Waals surface area contributed by atoms with E-state index in [1.807, 2.05) is 7.05 Å². The predicted octanol–water partition coefficient (Wildman–Crippen LogP) is 0.510. The highest BCUT2D eigenvalue weighted by molar-refractivity contribution is 5.81. The summed E-state index contributed by atoms with van der Waals surface area (Å²) in [5.41, 5.74) is 0. The standard InChI is InChI=1S/C11H18N4O/c1-15(8-10-13-6-7-14-10)11(16)9-4-2-3-5-12-9/h6-7,9,12H,2-5,8H2,1H3,(H,13,14)/t9-/m1/s1. The average molecular weight is 222 g/mol. The van der Waals surface area contributed by atoms with Gasteiger partial charge in [-0.05, 0) is 19.4 Å². The molecule has 2 rings (SSSR count). The van der Waals surface area contributed by atoms with Crippen LogP contribution in [0.2, 0.25) is 0 Å². The molecule has 5 heteroatoms. The van der Waals surface area contributed by atoms with E-state index in [1.54, 1.807) is 17.3 Å².